The highest BCUT2D eigenvalue weighted by atomic mass is 35.5. The smallest absolute Gasteiger partial charge is 0.412 e. The van der Waals surface area contributed by atoms with Crippen molar-refractivity contribution in [2.45, 2.75) is 39.8 Å². The third-order valence-electron chi connectivity index (χ3n) is 6.84. The number of hydrogen-bond donors (Lipinski definition) is 1. The number of rotatable bonds is 7. The highest BCUT2D eigenvalue weighted by molar-refractivity contribution is 7.21. The first-order chi connectivity index (χ1) is 19.0. The Bertz CT molecular complexity index is 1760. The number of halogens is 2. The van der Waals surface area contributed by atoms with Crippen molar-refractivity contribution in [1.82, 2.24) is 15.0 Å². The van der Waals surface area contributed by atoms with Crippen LogP contribution in [0.25, 0.3) is 31.7 Å². The van der Waals surface area contributed by atoms with E-state index in [0.717, 1.165) is 22.2 Å². The quantitative estimate of drug-likeness (QED) is 0.211. The number of hydrogen-bond acceptors (Lipinski definition) is 7. The lowest BCUT2D eigenvalue weighted by Gasteiger charge is -2.31. The number of methoxy groups -OCH3 is 1. The summed E-state index contributed by atoms with van der Waals surface area (Å²) in [5.41, 5.74) is 3.96. The zero-order valence-corrected chi connectivity index (χ0v) is 24.0. The molecule has 0 aliphatic heterocycles. The van der Waals surface area contributed by atoms with Crippen LogP contribution < -0.4 is 14.4 Å². The standard InChI is InChI=1S/C29H26ClFN4O4S/c1-14-6-20(12-32-15(14)2)35(29(36)37)16(3)17(4)39-25-11-26-24(10-23(25)31)34-28(40-26)22-9-19(30)7-18-8-21(38-5)13-33-27(18)22/h6-13,16-17H,1-5H3,(H,36,37)/t16-,17+/m1/s1. The molecule has 11 heteroatoms. The Hall–Kier alpha value is -4.02. The van der Waals surface area contributed by atoms with Gasteiger partial charge in [-0.3, -0.25) is 14.9 Å². The predicted octanol–water partition coefficient (Wildman–Crippen LogP) is 7.66. The number of benzene rings is 2. The summed E-state index contributed by atoms with van der Waals surface area (Å²) in [5, 5.41) is 11.9. The molecule has 0 saturated heterocycles. The van der Waals surface area contributed by atoms with Gasteiger partial charge in [-0.2, -0.15) is 0 Å². The molecule has 2 atom stereocenters. The van der Waals surface area contributed by atoms with Crippen molar-refractivity contribution in [1.29, 1.82) is 0 Å². The number of carbonyl (C=O) groups is 1. The number of pyridine rings is 2. The van der Waals surface area contributed by atoms with Crippen LogP contribution in [0.1, 0.15) is 25.1 Å². The summed E-state index contributed by atoms with van der Waals surface area (Å²) in [5.74, 6) is 0.00816. The zero-order valence-electron chi connectivity index (χ0n) is 22.4. The summed E-state index contributed by atoms with van der Waals surface area (Å²) < 4.78 is 27.1. The Morgan fingerprint density at radius 1 is 1.10 bits per heavy atom. The second-order valence-electron chi connectivity index (χ2n) is 9.48. The molecule has 40 heavy (non-hydrogen) atoms. The maximum atomic E-state index is 15.2. The van der Waals surface area contributed by atoms with E-state index in [4.69, 9.17) is 21.1 Å². The topological polar surface area (TPSA) is 97.7 Å². The van der Waals surface area contributed by atoms with Crippen LogP contribution in [0.3, 0.4) is 0 Å². The van der Waals surface area contributed by atoms with Crippen molar-refractivity contribution < 1.29 is 23.8 Å². The monoisotopic (exact) mass is 580 g/mol. The van der Waals surface area contributed by atoms with E-state index in [9.17, 15) is 9.90 Å². The molecule has 206 valence electrons. The van der Waals surface area contributed by atoms with Gasteiger partial charge in [0.05, 0.1) is 47.0 Å². The first-order valence-electron chi connectivity index (χ1n) is 12.4. The van der Waals surface area contributed by atoms with Gasteiger partial charge in [0, 0.05) is 33.8 Å². The van der Waals surface area contributed by atoms with E-state index in [1.54, 1.807) is 51.4 Å². The maximum Gasteiger partial charge on any atom is 0.412 e. The SMILES string of the molecule is COc1cnc2c(-c3nc4cc(F)c(O[C@@H](C)[C@@H](C)N(C(=O)O)c5cnc(C)c(C)c5)cc4s3)cc(Cl)cc2c1. The maximum absolute atomic E-state index is 15.2. The van der Waals surface area contributed by atoms with Crippen molar-refractivity contribution >= 4 is 55.8 Å². The molecule has 1 amide bonds. The van der Waals surface area contributed by atoms with Crippen LogP contribution in [-0.2, 0) is 0 Å². The fourth-order valence-electron chi connectivity index (χ4n) is 4.39. The van der Waals surface area contributed by atoms with Gasteiger partial charge in [0.1, 0.15) is 16.9 Å². The first-order valence-corrected chi connectivity index (χ1v) is 13.6. The van der Waals surface area contributed by atoms with Gasteiger partial charge in [-0.1, -0.05) is 11.6 Å². The Kier molecular flexibility index (Phi) is 7.48. The minimum Gasteiger partial charge on any atom is -0.495 e. The Morgan fingerprint density at radius 2 is 1.88 bits per heavy atom. The van der Waals surface area contributed by atoms with Gasteiger partial charge in [0.2, 0.25) is 0 Å². The number of aromatic nitrogens is 3. The lowest BCUT2D eigenvalue weighted by atomic mass is 10.1. The summed E-state index contributed by atoms with van der Waals surface area (Å²) in [6.45, 7) is 7.13. The van der Waals surface area contributed by atoms with Crippen molar-refractivity contribution in [2.24, 2.45) is 0 Å². The van der Waals surface area contributed by atoms with Crippen molar-refractivity contribution in [2.75, 3.05) is 12.0 Å². The third kappa shape index (κ3) is 5.24. The van der Waals surface area contributed by atoms with Gasteiger partial charge in [-0.05, 0) is 57.5 Å². The van der Waals surface area contributed by atoms with Gasteiger partial charge in [0.15, 0.2) is 11.6 Å². The summed E-state index contributed by atoms with van der Waals surface area (Å²) in [4.78, 5) is 26.8. The fourth-order valence-corrected chi connectivity index (χ4v) is 5.61. The predicted molar refractivity (Wildman–Crippen MR) is 156 cm³/mol. The van der Waals surface area contributed by atoms with Crippen LogP contribution in [0, 0.1) is 19.7 Å². The number of carboxylic acid groups (broad SMARTS) is 1. The number of nitrogens with zero attached hydrogens (tertiary/aromatic N) is 4. The summed E-state index contributed by atoms with van der Waals surface area (Å²) in [6, 6.07) is 9.43. The van der Waals surface area contributed by atoms with Crippen LogP contribution >= 0.6 is 22.9 Å². The van der Waals surface area contributed by atoms with Crippen LogP contribution in [0.4, 0.5) is 14.9 Å². The lowest BCUT2D eigenvalue weighted by Crippen LogP contribution is -2.46. The molecule has 0 fully saturated rings. The van der Waals surface area contributed by atoms with Gasteiger partial charge in [-0.15, -0.1) is 11.3 Å². The average molecular weight is 581 g/mol. The van der Waals surface area contributed by atoms with Crippen molar-refractivity contribution in [3.8, 4) is 22.1 Å². The van der Waals surface area contributed by atoms with E-state index in [0.29, 0.717) is 37.2 Å². The van der Waals surface area contributed by atoms with Gasteiger partial charge in [-0.25, -0.2) is 14.2 Å². The van der Waals surface area contributed by atoms with Gasteiger partial charge < -0.3 is 14.6 Å². The molecule has 0 saturated carbocycles. The average Bonchev–Trinajstić information content (AvgIpc) is 3.32. The largest absolute Gasteiger partial charge is 0.495 e. The first kappa shape index (κ1) is 27.5. The molecule has 2 aromatic carbocycles. The normalized spacial score (nSPS) is 12.9. The molecule has 8 nitrogen and oxygen atoms in total. The van der Waals surface area contributed by atoms with Gasteiger partial charge in [0.25, 0.3) is 0 Å². The summed E-state index contributed by atoms with van der Waals surface area (Å²) >= 11 is 7.74. The molecule has 5 aromatic rings. The molecule has 0 unspecified atom stereocenters. The van der Waals surface area contributed by atoms with Crippen LogP contribution in [0.5, 0.6) is 11.5 Å². The number of anilines is 1. The minimum atomic E-state index is -1.16. The van der Waals surface area contributed by atoms with Crippen LogP contribution in [0.15, 0.2) is 48.8 Å². The van der Waals surface area contributed by atoms with E-state index < -0.39 is 24.1 Å². The number of ether oxygens (including phenoxy) is 2. The molecule has 3 aromatic heterocycles. The van der Waals surface area contributed by atoms with Crippen molar-refractivity contribution in [3.63, 3.8) is 0 Å². The molecule has 0 aliphatic carbocycles. The summed E-state index contributed by atoms with van der Waals surface area (Å²) in [6.07, 6.45) is 1.29. The minimum absolute atomic E-state index is 0.00409. The number of fused-ring (bicyclic) bond motifs is 2. The molecule has 3 heterocycles. The fraction of sp³-hybridized carbons (Fsp3) is 0.241. The summed E-state index contributed by atoms with van der Waals surface area (Å²) in [7, 11) is 1.57. The van der Waals surface area contributed by atoms with Crippen LogP contribution in [-0.4, -0.2) is 45.4 Å². The molecule has 0 bridgehead atoms. The van der Waals surface area contributed by atoms with E-state index in [1.165, 1.54) is 28.5 Å². The second-order valence-corrected chi connectivity index (χ2v) is 10.9. The molecule has 5 rings (SSSR count). The molecule has 0 radical (unpaired) electrons. The van der Waals surface area contributed by atoms with E-state index in [2.05, 4.69) is 15.0 Å². The molecule has 1 N–H and O–H groups in total. The second kappa shape index (κ2) is 10.9. The lowest BCUT2D eigenvalue weighted by molar-refractivity contribution is 0.167. The van der Waals surface area contributed by atoms with E-state index in [-0.39, 0.29) is 5.75 Å². The van der Waals surface area contributed by atoms with Crippen LogP contribution in [0.2, 0.25) is 5.02 Å². The highest BCUT2D eigenvalue weighted by Crippen LogP contribution is 2.38. The molecular weight excluding hydrogens is 555 g/mol. The Labute approximate surface area is 239 Å². The number of thiazole rings is 1. The van der Waals surface area contributed by atoms with E-state index in [1.807, 2.05) is 19.9 Å². The van der Waals surface area contributed by atoms with E-state index >= 15 is 4.39 Å². The molecule has 0 spiro atoms. The molecule has 0 aliphatic rings. The number of amides is 1. The zero-order chi connectivity index (χ0) is 28.7. The van der Waals surface area contributed by atoms with Gasteiger partial charge >= 0.3 is 6.09 Å². The number of aryl methyl sites for hydroxylation is 2. The highest BCUT2D eigenvalue weighted by Gasteiger charge is 2.29. The third-order valence-corrected chi connectivity index (χ3v) is 8.11. The van der Waals surface area contributed by atoms with Crippen molar-refractivity contribution in [3.05, 3.63) is 70.9 Å². The molecular formula is C29H26ClFN4O4S. The Balaban J connectivity index is 1.46. The Morgan fingerprint density at radius 3 is 2.58 bits per heavy atom.